The molecule has 1 fully saturated rings. The van der Waals surface area contributed by atoms with Crippen LogP contribution < -0.4 is 5.32 Å². The predicted molar refractivity (Wildman–Crippen MR) is 93.1 cm³/mol. The average molecular weight is 365 g/mol. The molecule has 3 heteroatoms. The van der Waals surface area contributed by atoms with Crippen molar-refractivity contribution in [2.24, 2.45) is 0 Å². The molecule has 110 valence electrons. The van der Waals surface area contributed by atoms with Gasteiger partial charge in [-0.05, 0) is 54.6 Å². The van der Waals surface area contributed by atoms with Gasteiger partial charge in [-0.15, -0.1) is 0 Å². The van der Waals surface area contributed by atoms with Gasteiger partial charge in [-0.1, -0.05) is 64.3 Å². The third-order valence-electron chi connectivity index (χ3n) is 4.41. The molecule has 1 N–H and O–H groups in total. The van der Waals surface area contributed by atoms with Crippen molar-refractivity contribution in [3.8, 4) is 0 Å². The fraction of sp³-hybridized carbons (Fsp3) is 0.333. The Morgan fingerprint density at radius 2 is 1.90 bits per heavy atom. The molecule has 0 amide bonds. The molecule has 0 aromatic heterocycles. The molecule has 0 saturated heterocycles. The minimum absolute atomic E-state index is 0.188. The van der Waals surface area contributed by atoms with Crippen molar-refractivity contribution in [3.63, 3.8) is 0 Å². The zero-order chi connectivity index (χ0) is 14.8. The van der Waals surface area contributed by atoms with Crippen molar-refractivity contribution in [2.45, 2.75) is 31.2 Å². The lowest BCUT2D eigenvalue weighted by molar-refractivity contribution is 0.415. The molecule has 21 heavy (non-hydrogen) atoms. The second-order valence-corrected chi connectivity index (χ2v) is 6.94. The highest BCUT2D eigenvalue weighted by molar-refractivity contribution is 9.10. The molecule has 0 spiro atoms. The summed E-state index contributed by atoms with van der Waals surface area (Å²) in [4.78, 5) is 0. The molecule has 1 aliphatic carbocycles. The van der Waals surface area contributed by atoms with Crippen LogP contribution in [0, 0.1) is 0 Å². The van der Waals surface area contributed by atoms with E-state index in [1.54, 1.807) is 0 Å². The Hall–Kier alpha value is -0.830. The highest BCUT2D eigenvalue weighted by atomic mass is 79.9. The maximum atomic E-state index is 6.07. The zero-order valence-electron chi connectivity index (χ0n) is 12.1. The standard InChI is InChI=1S/C18H19BrClN/c1-21-18(16-10-9-13(20)11-17(16)19)15-8-3-2-7-14(15)12-5-4-6-12/h2-3,7-12,18,21H,4-6H2,1H3. The molecule has 3 rings (SSSR count). The quantitative estimate of drug-likeness (QED) is 0.736. The lowest BCUT2D eigenvalue weighted by Crippen LogP contribution is -2.22. The van der Waals surface area contributed by atoms with Crippen molar-refractivity contribution >= 4 is 27.5 Å². The van der Waals surface area contributed by atoms with Crippen molar-refractivity contribution in [1.82, 2.24) is 5.32 Å². The van der Waals surface area contributed by atoms with Crippen molar-refractivity contribution in [3.05, 3.63) is 68.7 Å². The number of benzene rings is 2. The van der Waals surface area contributed by atoms with Crippen molar-refractivity contribution in [1.29, 1.82) is 0 Å². The van der Waals surface area contributed by atoms with Gasteiger partial charge in [-0.3, -0.25) is 0 Å². The van der Waals surface area contributed by atoms with E-state index in [1.807, 2.05) is 19.2 Å². The summed E-state index contributed by atoms with van der Waals surface area (Å²) in [7, 11) is 2.02. The minimum atomic E-state index is 0.188. The smallest absolute Gasteiger partial charge is 0.0588 e. The molecule has 1 aliphatic rings. The summed E-state index contributed by atoms with van der Waals surface area (Å²) in [5.41, 5.74) is 4.10. The highest BCUT2D eigenvalue weighted by Gasteiger charge is 2.25. The molecule has 1 nitrogen and oxygen atoms in total. The van der Waals surface area contributed by atoms with E-state index in [4.69, 9.17) is 11.6 Å². The van der Waals surface area contributed by atoms with E-state index >= 15 is 0 Å². The van der Waals surface area contributed by atoms with E-state index in [0.29, 0.717) is 0 Å². The molecule has 0 aliphatic heterocycles. The van der Waals surface area contributed by atoms with E-state index in [2.05, 4.69) is 51.6 Å². The van der Waals surface area contributed by atoms with Crippen LogP contribution in [0.15, 0.2) is 46.9 Å². The number of halogens is 2. The van der Waals surface area contributed by atoms with Crippen LogP contribution in [-0.4, -0.2) is 7.05 Å². The summed E-state index contributed by atoms with van der Waals surface area (Å²) in [6, 6.07) is 15.0. The Bertz CT molecular complexity index is 637. The number of hydrogen-bond donors (Lipinski definition) is 1. The maximum absolute atomic E-state index is 6.07. The summed E-state index contributed by atoms with van der Waals surface area (Å²) < 4.78 is 1.05. The number of hydrogen-bond acceptors (Lipinski definition) is 1. The van der Waals surface area contributed by atoms with Gasteiger partial charge in [-0.2, -0.15) is 0 Å². The predicted octanol–water partition coefficient (Wildman–Crippen LogP) is 5.68. The Balaban J connectivity index is 2.03. The fourth-order valence-corrected chi connectivity index (χ4v) is 3.99. The second kappa shape index (κ2) is 6.51. The van der Waals surface area contributed by atoms with Crippen LogP contribution in [0.25, 0.3) is 0 Å². The van der Waals surface area contributed by atoms with Crippen LogP contribution in [0.2, 0.25) is 5.02 Å². The third-order valence-corrected chi connectivity index (χ3v) is 5.34. The second-order valence-electron chi connectivity index (χ2n) is 5.64. The van der Waals surface area contributed by atoms with Crippen LogP contribution in [0.3, 0.4) is 0 Å². The summed E-state index contributed by atoms with van der Waals surface area (Å²) >= 11 is 9.73. The van der Waals surface area contributed by atoms with Gasteiger partial charge in [0.25, 0.3) is 0 Å². The third kappa shape index (κ3) is 3.03. The Morgan fingerprint density at radius 1 is 1.14 bits per heavy atom. The van der Waals surface area contributed by atoms with E-state index < -0.39 is 0 Å². The summed E-state index contributed by atoms with van der Waals surface area (Å²) in [5.74, 6) is 0.725. The topological polar surface area (TPSA) is 12.0 Å². The van der Waals surface area contributed by atoms with E-state index in [1.165, 1.54) is 36.0 Å². The van der Waals surface area contributed by atoms with Gasteiger partial charge in [0.2, 0.25) is 0 Å². The Labute approximate surface area is 139 Å². The largest absolute Gasteiger partial charge is 0.309 e. The molecule has 1 unspecified atom stereocenters. The molecule has 0 bridgehead atoms. The average Bonchev–Trinajstić information content (AvgIpc) is 2.41. The molecule has 2 aromatic carbocycles. The Kier molecular flexibility index (Phi) is 4.68. The first-order valence-electron chi connectivity index (χ1n) is 7.41. The van der Waals surface area contributed by atoms with E-state index in [0.717, 1.165) is 15.4 Å². The minimum Gasteiger partial charge on any atom is -0.309 e. The highest BCUT2D eigenvalue weighted by Crippen LogP contribution is 2.41. The molecule has 1 atom stereocenters. The fourth-order valence-electron chi connectivity index (χ4n) is 3.08. The normalized spacial score (nSPS) is 16.5. The van der Waals surface area contributed by atoms with Gasteiger partial charge < -0.3 is 5.32 Å². The van der Waals surface area contributed by atoms with Gasteiger partial charge in [0, 0.05) is 9.50 Å². The van der Waals surface area contributed by atoms with Crippen LogP contribution in [0.1, 0.15) is 47.9 Å². The van der Waals surface area contributed by atoms with Gasteiger partial charge in [-0.25, -0.2) is 0 Å². The van der Waals surface area contributed by atoms with Gasteiger partial charge in [0.05, 0.1) is 6.04 Å². The first-order valence-corrected chi connectivity index (χ1v) is 8.59. The monoisotopic (exact) mass is 363 g/mol. The van der Waals surface area contributed by atoms with Crippen LogP contribution in [0.5, 0.6) is 0 Å². The molecular weight excluding hydrogens is 346 g/mol. The maximum Gasteiger partial charge on any atom is 0.0588 e. The van der Waals surface area contributed by atoms with Crippen molar-refractivity contribution < 1.29 is 0 Å². The number of nitrogens with one attached hydrogen (secondary N) is 1. The summed E-state index contributed by atoms with van der Waals surface area (Å²) in [6.45, 7) is 0. The molecule has 1 saturated carbocycles. The Morgan fingerprint density at radius 3 is 2.52 bits per heavy atom. The number of rotatable bonds is 4. The lowest BCUT2D eigenvalue weighted by Gasteiger charge is -2.31. The first-order chi connectivity index (χ1) is 10.2. The van der Waals surface area contributed by atoms with Crippen molar-refractivity contribution in [2.75, 3.05) is 7.05 Å². The van der Waals surface area contributed by atoms with Crippen LogP contribution >= 0.6 is 27.5 Å². The summed E-state index contributed by atoms with van der Waals surface area (Å²) in [5, 5.41) is 4.22. The first kappa shape index (κ1) is 15.1. The lowest BCUT2D eigenvalue weighted by atomic mass is 9.76. The van der Waals surface area contributed by atoms with E-state index in [9.17, 15) is 0 Å². The molecular formula is C18H19BrClN. The van der Waals surface area contributed by atoms with Crippen LogP contribution in [0.4, 0.5) is 0 Å². The van der Waals surface area contributed by atoms with Gasteiger partial charge >= 0.3 is 0 Å². The summed E-state index contributed by atoms with van der Waals surface area (Å²) in [6.07, 6.45) is 3.98. The zero-order valence-corrected chi connectivity index (χ0v) is 14.4. The van der Waals surface area contributed by atoms with E-state index in [-0.39, 0.29) is 6.04 Å². The molecule has 0 heterocycles. The van der Waals surface area contributed by atoms with Gasteiger partial charge in [0.15, 0.2) is 0 Å². The van der Waals surface area contributed by atoms with Crippen LogP contribution in [-0.2, 0) is 0 Å². The molecule has 0 radical (unpaired) electrons. The molecule has 2 aromatic rings. The van der Waals surface area contributed by atoms with Gasteiger partial charge in [0.1, 0.15) is 0 Å². The SMILES string of the molecule is CNC(c1ccc(Cl)cc1Br)c1ccccc1C1CCC1.